The van der Waals surface area contributed by atoms with E-state index in [4.69, 9.17) is 23.2 Å². The minimum Gasteiger partial charge on any atom is -0.345 e. The van der Waals surface area contributed by atoms with E-state index in [-0.39, 0.29) is 23.6 Å². The fraction of sp³-hybridized carbons (Fsp3) is 0.296. The smallest absolute Gasteiger partial charge is 0.223 e. The Hall–Kier alpha value is -2.38. The molecule has 0 aromatic heterocycles. The number of carbonyl (C=O) groups is 1. The maximum Gasteiger partial charge on any atom is 0.223 e. The molecular formula is C27H28Cl2N2O3S. The number of nitrogens with one attached hydrogen (secondary N) is 1. The molecular weight excluding hydrogens is 503 g/mol. The third-order valence-corrected chi connectivity index (χ3v) is 9.06. The molecule has 0 spiro atoms. The Morgan fingerprint density at radius 2 is 1.63 bits per heavy atom. The molecule has 0 radical (unpaired) electrons. The molecule has 3 aromatic carbocycles. The van der Waals surface area contributed by atoms with Crippen LogP contribution in [0.2, 0.25) is 10.0 Å². The number of halogens is 2. The van der Waals surface area contributed by atoms with Crippen molar-refractivity contribution >= 4 is 39.1 Å². The van der Waals surface area contributed by atoms with Gasteiger partial charge in [0.2, 0.25) is 15.9 Å². The van der Waals surface area contributed by atoms with E-state index in [2.05, 4.69) is 5.32 Å². The molecule has 1 amide bonds. The molecule has 1 heterocycles. The summed E-state index contributed by atoms with van der Waals surface area (Å²) in [7, 11) is -3.53. The van der Waals surface area contributed by atoms with Crippen molar-refractivity contribution in [2.45, 2.75) is 31.6 Å². The van der Waals surface area contributed by atoms with Crippen LogP contribution in [0.3, 0.4) is 0 Å². The number of hydrogen-bond acceptors (Lipinski definition) is 3. The Bertz CT molecular complexity index is 1290. The van der Waals surface area contributed by atoms with Gasteiger partial charge in [-0.2, -0.15) is 0 Å². The van der Waals surface area contributed by atoms with Crippen molar-refractivity contribution in [2.24, 2.45) is 5.92 Å². The van der Waals surface area contributed by atoms with Crippen LogP contribution >= 0.6 is 23.2 Å². The number of hydrogen-bond donors (Lipinski definition) is 1. The normalized spacial score (nSPS) is 16.1. The molecule has 0 aliphatic carbocycles. The molecule has 1 N–H and O–H groups in total. The third kappa shape index (κ3) is 6.25. The molecule has 3 aromatic rings. The van der Waals surface area contributed by atoms with Crippen LogP contribution in [0.4, 0.5) is 0 Å². The van der Waals surface area contributed by atoms with Gasteiger partial charge in [0.15, 0.2) is 0 Å². The van der Waals surface area contributed by atoms with E-state index in [1.807, 2.05) is 61.5 Å². The van der Waals surface area contributed by atoms with Crippen LogP contribution in [-0.2, 0) is 20.6 Å². The molecule has 35 heavy (non-hydrogen) atoms. The van der Waals surface area contributed by atoms with Gasteiger partial charge in [-0.15, -0.1) is 0 Å². The molecule has 1 fully saturated rings. The number of amides is 1. The highest BCUT2D eigenvalue weighted by Gasteiger charge is 2.32. The fourth-order valence-electron chi connectivity index (χ4n) is 4.48. The first-order chi connectivity index (χ1) is 16.7. The molecule has 1 aliphatic heterocycles. The third-order valence-electron chi connectivity index (χ3n) is 6.47. The highest BCUT2D eigenvalue weighted by molar-refractivity contribution is 7.88. The zero-order chi connectivity index (χ0) is 25.0. The SMILES string of the molecule is Cc1ccccc1[C@@H](NC(=O)C1CCN(S(=O)(=O)Cc2ccc(Cl)c(Cl)c2)CC1)c1ccccc1. The second kappa shape index (κ2) is 11.1. The van der Waals surface area contributed by atoms with Gasteiger partial charge < -0.3 is 5.32 Å². The predicted octanol–water partition coefficient (Wildman–Crippen LogP) is 5.75. The Labute approximate surface area is 217 Å². The van der Waals surface area contributed by atoms with Crippen LogP contribution in [0.15, 0.2) is 72.8 Å². The number of nitrogens with zero attached hydrogens (tertiary/aromatic N) is 1. The molecule has 4 rings (SSSR count). The molecule has 0 unspecified atom stereocenters. The quantitative estimate of drug-likeness (QED) is 0.422. The average molecular weight is 532 g/mol. The maximum absolute atomic E-state index is 13.3. The van der Waals surface area contributed by atoms with Crippen molar-refractivity contribution < 1.29 is 13.2 Å². The largest absolute Gasteiger partial charge is 0.345 e. The van der Waals surface area contributed by atoms with Crippen LogP contribution in [0.5, 0.6) is 0 Å². The summed E-state index contributed by atoms with van der Waals surface area (Å²) in [5.41, 5.74) is 3.75. The molecule has 5 nitrogen and oxygen atoms in total. The molecule has 0 saturated carbocycles. The first-order valence-corrected chi connectivity index (χ1v) is 13.9. The van der Waals surface area contributed by atoms with Crippen LogP contribution < -0.4 is 5.32 Å². The number of benzene rings is 3. The second-order valence-corrected chi connectivity index (χ2v) is 11.7. The van der Waals surface area contributed by atoms with E-state index in [1.165, 1.54) is 4.31 Å². The predicted molar refractivity (Wildman–Crippen MR) is 141 cm³/mol. The number of carbonyl (C=O) groups excluding carboxylic acids is 1. The summed E-state index contributed by atoms with van der Waals surface area (Å²) in [6.45, 7) is 2.65. The summed E-state index contributed by atoms with van der Waals surface area (Å²) in [5.74, 6) is -0.449. The highest BCUT2D eigenvalue weighted by atomic mass is 35.5. The monoisotopic (exact) mass is 530 g/mol. The maximum atomic E-state index is 13.3. The molecule has 184 valence electrons. The van der Waals surface area contributed by atoms with Crippen LogP contribution in [0, 0.1) is 12.8 Å². The minimum absolute atomic E-state index is 0.0522. The van der Waals surface area contributed by atoms with Crippen molar-refractivity contribution in [3.8, 4) is 0 Å². The van der Waals surface area contributed by atoms with Crippen molar-refractivity contribution in [3.63, 3.8) is 0 Å². The van der Waals surface area contributed by atoms with E-state index in [0.29, 0.717) is 41.5 Å². The van der Waals surface area contributed by atoms with Gasteiger partial charge in [0.25, 0.3) is 0 Å². The highest BCUT2D eigenvalue weighted by Crippen LogP contribution is 2.28. The molecule has 1 aliphatic rings. The van der Waals surface area contributed by atoms with Gasteiger partial charge in [0.05, 0.1) is 21.8 Å². The zero-order valence-corrected chi connectivity index (χ0v) is 21.8. The standard InChI is InChI=1S/C27H28Cl2N2O3S/c1-19-7-5-6-10-23(19)26(21-8-3-2-4-9-21)30-27(32)22-13-15-31(16-14-22)35(33,34)18-20-11-12-24(28)25(29)17-20/h2-12,17,22,26H,13-16,18H2,1H3,(H,30,32)/t26-/m0/s1. The number of piperidine rings is 1. The van der Waals surface area contributed by atoms with Crippen molar-refractivity contribution in [1.82, 2.24) is 9.62 Å². The summed E-state index contributed by atoms with van der Waals surface area (Å²) in [4.78, 5) is 13.3. The Balaban J connectivity index is 1.42. The van der Waals surface area contributed by atoms with E-state index in [0.717, 1.165) is 16.7 Å². The van der Waals surface area contributed by atoms with Crippen LogP contribution in [0.25, 0.3) is 0 Å². The number of aryl methyl sites for hydroxylation is 1. The van der Waals surface area contributed by atoms with Gasteiger partial charge in [0.1, 0.15) is 0 Å². The van der Waals surface area contributed by atoms with E-state index in [1.54, 1.807) is 18.2 Å². The lowest BCUT2D eigenvalue weighted by atomic mass is 9.92. The van der Waals surface area contributed by atoms with Gasteiger partial charge in [-0.25, -0.2) is 12.7 Å². The van der Waals surface area contributed by atoms with Crippen LogP contribution in [0.1, 0.15) is 41.1 Å². The van der Waals surface area contributed by atoms with Crippen molar-refractivity contribution in [3.05, 3.63) is 105 Å². The summed E-state index contributed by atoms with van der Waals surface area (Å²) in [6.07, 6.45) is 0.948. The Kier molecular flexibility index (Phi) is 8.17. The lowest BCUT2D eigenvalue weighted by molar-refractivity contribution is -0.126. The number of rotatable bonds is 7. The Morgan fingerprint density at radius 1 is 0.971 bits per heavy atom. The molecule has 1 saturated heterocycles. The van der Waals surface area contributed by atoms with E-state index >= 15 is 0 Å². The van der Waals surface area contributed by atoms with E-state index < -0.39 is 10.0 Å². The van der Waals surface area contributed by atoms with E-state index in [9.17, 15) is 13.2 Å². The van der Waals surface area contributed by atoms with Gasteiger partial charge in [0, 0.05) is 19.0 Å². The summed E-state index contributed by atoms with van der Waals surface area (Å²) >= 11 is 12.0. The lowest BCUT2D eigenvalue weighted by Crippen LogP contribution is -2.44. The average Bonchev–Trinajstić information content (AvgIpc) is 2.86. The van der Waals surface area contributed by atoms with Crippen molar-refractivity contribution in [2.75, 3.05) is 13.1 Å². The molecule has 8 heteroatoms. The molecule has 0 bridgehead atoms. The van der Waals surface area contributed by atoms with Gasteiger partial charge in [-0.3, -0.25) is 4.79 Å². The first kappa shape index (κ1) is 25.7. The number of sulfonamides is 1. The fourth-order valence-corrected chi connectivity index (χ4v) is 6.36. The van der Waals surface area contributed by atoms with Gasteiger partial charge in [-0.1, -0.05) is 83.9 Å². The summed E-state index contributed by atoms with van der Waals surface area (Å²) in [5, 5.41) is 3.95. The van der Waals surface area contributed by atoms with Gasteiger partial charge >= 0.3 is 0 Å². The van der Waals surface area contributed by atoms with Crippen LogP contribution in [-0.4, -0.2) is 31.7 Å². The minimum atomic E-state index is -3.53. The van der Waals surface area contributed by atoms with Crippen molar-refractivity contribution in [1.29, 1.82) is 0 Å². The summed E-state index contributed by atoms with van der Waals surface area (Å²) in [6, 6.07) is 22.5. The topological polar surface area (TPSA) is 66.5 Å². The Morgan fingerprint density at radius 3 is 2.29 bits per heavy atom. The van der Waals surface area contributed by atoms with Gasteiger partial charge in [-0.05, 0) is 54.2 Å². The second-order valence-electron chi connectivity index (χ2n) is 8.89. The molecule has 1 atom stereocenters. The summed E-state index contributed by atoms with van der Waals surface area (Å²) < 4.78 is 27.4. The zero-order valence-electron chi connectivity index (χ0n) is 19.5. The first-order valence-electron chi connectivity index (χ1n) is 11.6. The lowest BCUT2D eigenvalue weighted by Gasteiger charge is -2.32.